The summed E-state index contributed by atoms with van der Waals surface area (Å²) in [7, 11) is 0. The summed E-state index contributed by atoms with van der Waals surface area (Å²) in [5.41, 5.74) is 3.39. The van der Waals surface area contributed by atoms with Gasteiger partial charge in [0.1, 0.15) is 17.2 Å². The van der Waals surface area contributed by atoms with Gasteiger partial charge < -0.3 is 14.2 Å². The van der Waals surface area contributed by atoms with Gasteiger partial charge >= 0.3 is 18.0 Å². The van der Waals surface area contributed by atoms with Crippen molar-refractivity contribution >= 4 is 0 Å². The summed E-state index contributed by atoms with van der Waals surface area (Å²) in [4.78, 5) is 12.8. The summed E-state index contributed by atoms with van der Waals surface area (Å²) in [5, 5.41) is 0. The monoisotopic (exact) mass is 399 g/mol. The van der Waals surface area contributed by atoms with Crippen LogP contribution in [0.4, 0.5) is 0 Å². The predicted molar refractivity (Wildman–Crippen MR) is 114 cm³/mol. The van der Waals surface area contributed by atoms with E-state index in [1.54, 1.807) is 0 Å². The minimum absolute atomic E-state index is 0.0816. The molecule has 0 aliphatic carbocycles. The molecule has 6 nitrogen and oxygen atoms in total. The fourth-order valence-electron chi connectivity index (χ4n) is 2.59. The van der Waals surface area contributed by atoms with E-state index < -0.39 is 0 Å². The van der Waals surface area contributed by atoms with Crippen molar-refractivity contribution in [1.29, 1.82) is 0 Å². The van der Waals surface area contributed by atoms with Crippen molar-refractivity contribution < 1.29 is 14.2 Å². The fourth-order valence-corrected chi connectivity index (χ4v) is 2.59. The Morgan fingerprint density at radius 2 is 0.633 bits per heavy atom. The van der Waals surface area contributed by atoms with Crippen LogP contribution in [0.15, 0.2) is 72.8 Å². The molecule has 3 aromatic carbocycles. The molecule has 30 heavy (non-hydrogen) atoms. The first kappa shape index (κ1) is 19.4. The molecule has 0 aliphatic rings. The average Bonchev–Trinajstić information content (AvgIpc) is 2.73. The van der Waals surface area contributed by atoms with E-state index in [1.165, 1.54) is 0 Å². The minimum Gasteiger partial charge on any atom is -0.424 e. The van der Waals surface area contributed by atoms with Crippen LogP contribution in [0.5, 0.6) is 35.3 Å². The van der Waals surface area contributed by atoms with Gasteiger partial charge in [-0.15, -0.1) is 15.0 Å². The predicted octanol–water partition coefficient (Wildman–Crippen LogP) is 6.17. The van der Waals surface area contributed by atoms with Crippen LogP contribution >= 0.6 is 0 Å². The molecule has 0 saturated carbocycles. The normalized spacial score (nSPS) is 10.5. The molecule has 0 bridgehead atoms. The third-order valence-electron chi connectivity index (χ3n) is 4.26. The third-order valence-corrected chi connectivity index (χ3v) is 4.26. The number of benzene rings is 3. The Morgan fingerprint density at radius 1 is 0.400 bits per heavy atom. The Hall–Kier alpha value is -3.93. The first-order valence-corrected chi connectivity index (χ1v) is 9.53. The van der Waals surface area contributed by atoms with E-state index >= 15 is 0 Å². The molecule has 6 heteroatoms. The zero-order valence-corrected chi connectivity index (χ0v) is 17.0. The Labute approximate surface area is 175 Å². The summed E-state index contributed by atoms with van der Waals surface area (Å²) in [6.45, 7) is 6.02. The molecule has 0 spiro atoms. The van der Waals surface area contributed by atoms with Gasteiger partial charge in [-0.25, -0.2) is 0 Å². The highest BCUT2D eigenvalue weighted by Crippen LogP contribution is 2.27. The second kappa shape index (κ2) is 8.61. The lowest BCUT2D eigenvalue weighted by molar-refractivity contribution is 0.362. The van der Waals surface area contributed by atoms with E-state index in [-0.39, 0.29) is 18.0 Å². The van der Waals surface area contributed by atoms with Gasteiger partial charge in [0.25, 0.3) is 0 Å². The van der Waals surface area contributed by atoms with Gasteiger partial charge in [-0.3, -0.25) is 0 Å². The Bertz CT molecular complexity index is 967. The van der Waals surface area contributed by atoms with Crippen molar-refractivity contribution in [2.45, 2.75) is 20.8 Å². The topological polar surface area (TPSA) is 66.4 Å². The number of ether oxygens (including phenoxy) is 3. The largest absolute Gasteiger partial charge is 0.424 e. The van der Waals surface area contributed by atoms with Gasteiger partial charge in [-0.1, -0.05) is 53.1 Å². The third kappa shape index (κ3) is 5.11. The highest BCUT2D eigenvalue weighted by atomic mass is 16.5. The van der Waals surface area contributed by atoms with Crippen LogP contribution in [-0.4, -0.2) is 15.0 Å². The van der Waals surface area contributed by atoms with E-state index in [4.69, 9.17) is 14.2 Å². The van der Waals surface area contributed by atoms with E-state index in [9.17, 15) is 0 Å². The van der Waals surface area contributed by atoms with Gasteiger partial charge in [-0.05, 0) is 57.2 Å². The van der Waals surface area contributed by atoms with E-state index in [1.807, 2.05) is 93.6 Å². The van der Waals surface area contributed by atoms with Crippen LogP contribution in [0.3, 0.4) is 0 Å². The van der Waals surface area contributed by atoms with E-state index in [0.29, 0.717) is 17.2 Å². The SMILES string of the molecule is Cc1ccc(Oc2nc(Oc3ccc(C)cc3)nc(Oc3ccc(C)cc3)n2)cc1. The molecule has 0 radical (unpaired) electrons. The van der Waals surface area contributed by atoms with Crippen molar-refractivity contribution in [2.24, 2.45) is 0 Å². The number of aryl methyl sites for hydroxylation is 3. The summed E-state index contributed by atoms with van der Waals surface area (Å²) < 4.78 is 17.4. The standard InChI is InChI=1S/C24H21N3O3/c1-16-4-10-19(11-5-16)28-22-25-23(29-20-12-6-17(2)7-13-20)27-24(26-22)30-21-14-8-18(3)9-15-21/h4-15H,1-3H3. The Morgan fingerprint density at radius 3 is 0.867 bits per heavy atom. The molecule has 0 aliphatic heterocycles. The van der Waals surface area contributed by atoms with Gasteiger partial charge in [0.05, 0.1) is 0 Å². The molecule has 0 unspecified atom stereocenters. The summed E-state index contributed by atoms with van der Waals surface area (Å²) in [5.74, 6) is 1.82. The van der Waals surface area contributed by atoms with Crippen molar-refractivity contribution in [2.75, 3.05) is 0 Å². The first-order chi connectivity index (χ1) is 14.5. The molecule has 150 valence electrons. The maximum absolute atomic E-state index is 5.81. The number of aromatic nitrogens is 3. The molecule has 4 rings (SSSR count). The summed E-state index contributed by atoms with van der Waals surface area (Å²) in [6, 6.07) is 23.0. The Balaban J connectivity index is 1.64. The van der Waals surface area contributed by atoms with Crippen LogP contribution in [0.25, 0.3) is 0 Å². The molecule has 0 amide bonds. The molecule has 4 aromatic rings. The lowest BCUT2D eigenvalue weighted by Gasteiger charge is -2.10. The first-order valence-electron chi connectivity index (χ1n) is 9.53. The lowest BCUT2D eigenvalue weighted by Crippen LogP contribution is -2.01. The minimum atomic E-state index is 0.0816. The second-order valence-corrected chi connectivity index (χ2v) is 6.93. The molecule has 1 aromatic heterocycles. The molecule has 1 heterocycles. The van der Waals surface area contributed by atoms with E-state index in [0.717, 1.165) is 16.7 Å². The molecule has 0 atom stereocenters. The zero-order chi connectivity index (χ0) is 20.9. The number of hydrogen-bond donors (Lipinski definition) is 0. The number of hydrogen-bond acceptors (Lipinski definition) is 6. The maximum Gasteiger partial charge on any atom is 0.331 e. The Kier molecular flexibility index (Phi) is 5.57. The molecular formula is C24H21N3O3. The molecule has 0 N–H and O–H groups in total. The van der Waals surface area contributed by atoms with Gasteiger partial charge in [-0.2, -0.15) is 0 Å². The maximum atomic E-state index is 5.81. The molecular weight excluding hydrogens is 378 g/mol. The zero-order valence-electron chi connectivity index (χ0n) is 17.0. The summed E-state index contributed by atoms with van der Waals surface area (Å²) >= 11 is 0. The second-order valence-electron chi connectivity index (χ2n) is 6.93. The van der Waals surface area contributed by atoms with Crippen LogP contribution in [0.2, 0.25) is 0 Å². The van der Waals surface area contributed by atoms with Gasteiger partial charge in [0, 0.05) is 0 Å². The van der Waals surface area contributed by atoms with Crippen LogP contribution < -0.4 is 14.2 Å². The van der Waals surface area contributed by atoms with E-state index in [2.05, 4.69) is 15.0 Å². The number of rotatable bonds is 6. The molecule has 0 saturated heterocycles. The van der Waals surface area contributed by atoms with Crippen LogP contribution in [-0.2, 0) is 0 Å². The molecule has 0 fully saturated rings. The van der Waals surface area contributed by atoms with Crippen molar-refractivity contribution in [3.05, 3.63) is 89.5 Å². The smallest absolute Gasteiger partial charge is 0.331 e. The number of nitrogens with zero attached hydrogens (tertiary/aromatic N) is 3. The van der Waals surface area contributed by atoms with Crippen molar-refractivity contribution in [1.82, 2.24) is 15.0 Å². The van der Waals surface area contributed by atoms with Crippen LogP contribution in [0.1, 0.15) is 16.7 Å². The highest BCUT2D eigenvalue weighted by molar-refractivity contribution is 5.32. The average molecular weight is 399 g/mol. The quantitative estimate of drug-likeness (QED) is 0.386. The highest BCUT2D eigenvalue weighted by Gasteiger charge is 2.13. The van der Waals surface area contributed by atoms with Crippen molar-refractivity contribution in [3.8, 4) is 35.3 Å². The van der Waals surface area contributed by atoms with Gasteiger partial charge in [0.15, 0.2) is 0 Å². The summed E-state index contributed by atoms with van der Waals surface area (Å²) in [6.07, 6.45) is 0. The van der Waals surface area contributed by atoms with Gasteiger partial charge in [0.2, 0.25) is 0 Å². The fraction of sp³-hybridized carbons (Fsp3) is 0.125. The lowest BCUT2D eigenvalue weighted by atomic mass is 10.2. The van der Waals surface area contributed by atoms with Crippen LogP contribution in [0, 0.1) is 20.8 Å². The van der Waals surface area contributed by atoms with Crippen molar-refractivity contribution in [3.63, 3.8) is 0 Å².